The Kier molecular flexibility index (Phi) is 6.64. The van der Waals surface area contributed by atoms with E-state index in [4.69, 9.17) is 10.00 Å². The number of carbonyl (C=O) groups excluding carboxylic acids is 1. The summed E-state index contributed by atoms with van der Waals surface area (Å²) in [5, 5.41) is 14.4. The van der Waals surface area contributed by atoms with Gasteiger partial charge in [-0.05, 0) is 18.2 Å². The van der Waals surface area contributed by atoms with Crippen molar-refractivity contribution in [3.63, 3.8) is 0 Å². The molecule has 1 rings (SSSR count). The molecule has 0 aromatic heterocycles. The first-order valence-corrected chi connectivity index (χ1v) is 6.36. The highest BCUT2D eigenvalue weighted by atomic mass is 79.9. The lowest BCUT2D eigenvalue weighted by Gasteiger charge is -2.04. The van der Waals surface area contributed by atoms with Gasteiger partial charge in [0.25, 0.3) is 5.91 Å². The van der Waals surface area contributed by atoms with Crippen molar-refractivity contribution in [2.24, 2.45) is 0 Å². The van der Waals surface area contributed by atoms with Crippen LogP contribution in [-0.4, -0.2) is 26.2 Å². The third-order valence-corrected chi connectivity index (χ3v) is 2.66. The maximum atomic E-state index is 11.6. The number of rotatable bonds is 6. The number of hydrogen-bond donors (Lipinski definition) is 2. The maximum Gasteiger partial charge on any atom is 0.263 e. The highest BCUT2D eigenvalue weighted by Gasteiger charge is 2.07. The van der Waals surface area contributed by atoms with Crippen molar-refractivity contribution in [1.82, 2.24) is 5.32 Å². The van der Waals surface area contributed by atoms with Gasteiger partial charge in [-0.25, -0.2) is 0 Å². The number of benzene rings is 1. The molecule has 1 amide bonds. The molecule has 0 fully saturated rings. The zero-order chi connectivity index (χ0) is 14.1. The smallest absolute Gasteiger partial charge is 0.263 e. The molecule has 0 unspecified atom stereocenters. The van der Waals surface area contributed by atoms with Crippen LogP contribution in [-0.2, 0) is 9.53 Å². The molecular formula is C13H14BrN3O2. The molecule has 1 aromatic rings. The van der Waals surface area contributed by atoms with E-state index in [1.165, 1.54) is 6.20 Å². The molecule has 2 N–H and O–H groups in total. The van der Waals surface area contributed by atoms with Gasteiger partial charge in [0.1, 0.15) is 11.6 Å². The van der Waals surface area contributed by atoms with Gasteiger partial charge >= 0.3 is 0 Å². The largest absolute Gasteiger partial charge is 0.383 e. The molecule has 0 saturated heterocycles. The Balaban J connectivity index is 2.62. The van der Waals surface area contributed by atoms with Gasteiger partial charge in [-0.2, -0.15) is 5.26 Å². The number of nitriles is 1. The van der Waals surface area contributed by atoms with Crippen LogP contribution >= 0.6 is 15.9 Å². The number of amides is 1. The number of anilines is 1. The Morgan fingerprint density at radius 3 is 3.00 bits per heavy atom. The molecule has 0 aliphatic heterocycles. The summed E-state index contributed by atoms with van der Waals surface area (Å²) in [5.74, 6) is -0.429. The van der Waals surface area contributed by atoms with Crippen LogP contribution in [0.2, 0.25) is 0 Å². The molecule has 19 heavy (non-hydrogen) atoms. The number of nitrogens with zero attached hydrogens (tertiary/aromatic N) is 1. The van der Waals surface area contributed by atoms with Gasteiger partial charge in [0.05, 0.1) is 6.61 Å². The van der Waals surface area contributed by atoms with E-state index in [1.54, 1.807) is 7.11 Å². The van der Waals surface area contributed by atoms with Gasteiger partial charge in [-0.3, -0.25) is 4.79 Å². The summed E-state index contributed by atoms with van der Waals surface area (Å²) in [4.78, 5) is 11.6. The Morgan fingerprint density at radius 1 is 1.58 bits per heavy atom. The molecule has 6 heteroatoms. The van der Waals surface area contributed by atoms with Crippen LogP contribution in [0.3, 0.4) is 0 Å². The highest BCUT2D eigenvalue weighted by molar-refractivity contribution is 9.10. The standard InChI is InChI=1S/C13H14BrN3O2/c1-19-6-5-16-13(18)10(8-15)9-17-12-4-2-3-11(14)7-12/h2-4,7,9,17H,5-6H2,1H3,(H,16,18)/b10-9-. The summed E-state index contributed by atoms with van der Waals surface area (Å²) in [6, 6.07) is 9.26. The normalized spacial score (nSPS) is 10.7. The summed E-state index contributed by atoms with van der Waals surface area (Å²) < 4.78 is 5.72. The third-order valence-electron chi connectivity index (χ3n) is 2.16. The molecule has 1 aromatic carbocycles. The first-order valence-electron chi connectivity index (χ1n) is 5.57. The van der Waals surface area contributed by atoms with Crippen LogP contribution in [0.25, 0.3) is 0 Å². The summed E-state index contributed by atoms with van der Waals surface area (Å²) >= 11 is 3.34. The molecule has 0 heterocycles. The van der Waals surface area contributed by atoms with Crippen LogP contribution in [0.5, 0.6) is 0 Å². The maximum absolute atomic E-state index is 11.6. The molecule has 0 atom stereocenters. The lowest BCUT2D eigenvalue weighted by atomic mass is 10.3. The van der Waals surface area contributed by atoms with E-state index in [0.29, 0.717) is 13.2 Å². The second kappa shape index (κ2) is 8.29. The monoisotopic (exact) mass is 323 g/mol. The van der Waals surface area contributed by atoms with Crippen molar-refractivity contribution in [3.05, 3.63) is 40.5 Å². The van der Waals surface area contributed by atoms with Crippen molar-refractivity contribution in [2.45, 2.75) is 0 Å². The predicted octanol–water partition coefficient (Wildman–Crippen LogP) is 2.03. The first kappa shape index (κ1) is 15.2. The zero-order valence-electron chi connectivity index (χ0n) is 10.4. The van der Waals surface area contributed by atoms with Crippen LogP contribution in [0.4, 0.5) is 5.69 Å². The van der Waals surface area contributed by atoms with Gasteiger partial charge < -0.3 is 15.4 Å². The van der Waals surface area contributed by atoms with Crippen molar-refractivity contribution in [2.75, 3.05) is 25.6 Å². The predicted molar refractivity (Wildman–Crippen MR) is 76.3 cm³/mol. The summed E-state index contributed by atoms with van der Waals surface area (Å²) in [5.41, 5.74) is 0.794. The van der Waals surface area contributed by atoms with E-state index in [0.717, 1.165) is 10.2 Å². The van der Waals surface area contributed by atoms with E-state index >= 15 is 0 Å². The Morgan fingerprint density at radius 2 is 2.37 bits per heavy atom. The SMILES string of the molecule is COCCNC(=O)/C(C#N)=C\Nc1cccc(Br)c1. The average molecular weight is 324 g/mol. The van der Waals surface area contributed by atoms with E-state index in [2.05, 4.69) is 26.6 Å². The van der Waals surface area contributed by atoms with Crippen LogP contribution in [0.1, 0.15) is 0 Å². The fourth-order valence-electron chi connectivity index (χ4n) is 1.24. The van der Waals surface area contributed by atoms with Crippen LogP contribution in [0, 0.1) is 11.3 Å². The highest BCUT2D eigenvalue weighted by Crippen LogP contribution is 2.15. The van der Waals surface area contributed by atoms with E-state index in [1.807, 2.05) is 30.3 Å². The topological polar surface area (TPSA) is 74.1 Å². The third kappa shape index (κ3) is 5.55. The average Bonchev–Trinajstić information content (AvgIpc) is 2.40. The summed E-state index contributed by atoms with van der Waals surface area (Å²) in [7, 11) is 1.54. The number of hydrogen-bond acceptors (Lipinski definition) is 4. The summed E-state index contributed by atoms with van der Waals surface area (Å²) in [6.07, 6.45) is 1.38. The Hall–Kier alpha value is -1.84. The minimum absolute atomic E-state index is 0.0103. The second-order valence-electron chi connectivity index (χ2n) is 3.57. The molecule has 0 bridgehead atoms. The minimum atomic E-state index is -0.429. The lowest BCUT2D eigenvalue weighted by Crippen LogP contribution is -2.28. The number of ether oxygens (including phenoxy) is 1. The Bertz CT molecular complexity index is 509. The van der Waals surface area contributed by atoms with Crippen molar-refractivity contribution < 1.29 is 9.53 Å². The van der Waals surface area contributed by atoms with Crippen LogP contribution < -0.4 is 10.6 Å². The molecule has 100 valence electrons. The van der Waals surface area contributed by atoms with Gasteiger partial charge in [0, 0.05) is 30.0 Å². The molecule has 5 nitrogen and oxygen atoms in total. The van der Waals surface area contributed by atoms with Gasteiger partial charge in [-0.1, -0.05) is 22.0 Å². The quantitative estimate of drug-likeness (QED) is 0.477. The van der Waals surface area contributed by atoms with Gasteiger partial charge in [0.15, 0.2) is 0 Å². The molecule has 0 aliphatic rings. The lowest BCUT2D eigenvalue weighted by molar-refractivity contribution is -0.117. The van der Waals surface area contributed by atoms with E-state index < -0.39 is 5.91 Å². The van der Waals surface area contributed by atoms with Gasteiger partial charge in [0.2, 0.25) is 0 Å². The zero-order valence-corrected chi connectivity index (χ0v) is 12.0. The van der Waals surface area contributed by atoms with Crippen molar-refractivity contribution in [1.29, 1.82) is 5.26 Å². The minimum Gasteiger partial charge on any atom is -0.383 e. The molecule has 0 aliphatic carbocycles. The molecule has 0 radical (unpaired) electrons. The first-order chi connectivity index (χ1) is 9.17. The fraction of sp³-hybridized carbons (Fsp3) is 0.231. The summed E-state index contributed by atoms with van der Waals surface area (Å²) in [6.45, 7) is 0.773. The van der Waals surface area contributed by atoms with E-state index in [9.17, 15) is 4.79 Å². The van der Waals surface area contributed by atoms with Crippen molar-refractivity contribution >= 4 is 27.5 Å². The molecular weight excluding hydrogens is 310 g/mol. The number of halogens is 1. The van der Waals surface area contributed by atoms with Crippen LogP contribution in [0.15, 0.2) is 40.5 Å². The van der Waals surface area contributed by atoms with Crippen molar-refractivity contribution in [3.8, 4) is 6.07 Å². The van der Waals surface area contributed by atoms with Gasteiger partial charge in [-0.15, -0.1) is 0 Å². The van der Waals surface area contributed by atoms with E-state index in [-0.39, 0.29) is 5.57 Å². The molecule has 0 saturated carbocycles. The Labute approximate surface area is 120 Å². The molecule has 0 spiro atoms. The number of carbonyl (C=O) groups is 1. The fourth-order valence-corrected chi connectivity index (χ4v) is 1.64. The number of nitrogens with one attached hydrogen (secondary N) is 2. The number of methoxy groups -OCH3 is 1. The second-order valence-corrected chi connectivity index (χ2v) is 4.49.